The number of rotatable bonds is 12. The number of methoxy groups -OCH3 is 1. The molecular weight excluding hydrogens is 639 g/mol. The van der Waals surface area contributed by atoms with E-state index in [0.29, 0.717) is 63.5 Å². The molecule has 1 fully saturated rings. The lowest BCUT2D eigenvalue weighted by Crippen LogP contribution is -2.42. The van der Waals surface area contributed by atoms with E-state index in [2.05, 4.69) is 43.8 Å². The van der Waals surface area contributed by atoms with Crippen LogP contribution in [-0.4, -0.2) is 102 Å². The standard InChI is InChI=1S/C37H39FN8O4/c1-4-40-36(39-2)27-19-31(38)35(41-21-27)25-12-15-46(16-13-25)33(47)23-45-14-11-26(22-45)37(48)42-28-7-10-32-30(20-28)34(44-43-32)24-5-8-29(9-6-24)50-18-17-49-3/h4-10,12,19-21,26H,1-2,11,13-18,22-23H2,3H3,(H,42,48)(H,43,44). The van der Waals surface area contributed by atoms with Crippen molar-refractivity contribution in [2.75, 3.05) is 58.4 Å². The second-order valence-corrected chi connectivity index (χ2v) is 12.1. The van der Waals surface area contributed by atoms with Crippen molar-refractivity contribution in [1.29, 1.82) is 0 Å². The van der Waals surface area contributed by atoms with Crippen LogP contribution in [-0.2, 0) is 14.3 Å². The van der Waals surface area contributed by atoms with Gasteiger partial charge in [0.25, 0.3) is 0 Å². The van der Waals surface area contributed by atoms with Crippen LogP contribution in [0.5, 0.6) is 5.75 Å². The number of nitrogens with zero attached hydrogens (tertiary/aromatic N) is 6. The van der Waals surface area contributed by atoms with Gasteiger partial charge in [-0.15, -0.1) is 0 Å². The molecular formula is C37H39FN8O4. The summed E-state index contributed by atoms with van der Waals surface area (Å²) >= 11 is 0. The molecule has 1 atom stereocenters. The van der Waals surface area contributed by atoms with Gasteiger partial charge in [-0.3, -0.25) is 24.6 Å². The van der Waals surface area contributed by atoms with Gasteiger partial charge >= 0.3 is 0 Å². The molecule has 0 aliphatic carbocycles. The van der Waals surface area contributed by atoms with Gasteiger partial charge in [-0.25, -0.2) is 14.4 Å². The summed E-state index contributed by atoms with van der Waals surface area (Å²) in [7, 11) is 1.63. The van der Waals surface area contributed by atoms with E-state index in [0.717, 1.165) is 33.5 Å². The molecule has 0 saturated carbocycles. The number of nitrogens with one attached hydrogen (secondary N) is 2. The van der Waals surface area contributed by atoms with E-state index >= 15 is 0 Å². The Hall–Kier alpha value is -5.53. The molecule has 50 heavy (non-hydrogen) atoms. The Bertz CT molecular complexity index is 1950. The van der Waals surface area contributed by atoms with Crippen molar-refractivity contribution in [2.45, 2.75) is 12.8 Å². The van der Waals surface area contributed by atoms with E-state index in [1.807, 2.05) is 53.4 Å². The summed E-state index contributed by atoms with van der Waals surface area (Å²) in [5.74, 6) is 0.139. The second kappa shape index (κ2) is 15.8. The number of amides is 2. The van der Waals surface area contributed by atoms with Crippen molar-refractivity contribution in [2.24, 2.45) is 15.9 Å². The van der Waals surface area contributed by atoms with Crippen molar-refractivity contribution in [3.63, 3.8) is 0 Å². The maximum Gasteiger partial charge on any atom is 0.237 e. The van der Waals surface area contributed by atoms with Crippen LogP contribution in [0.2, 0.25) is 0 Å². The molecule has 2 aromatic heterocycles. The monoisotopic (exact) mass is 678 g/mol. The van der Waals surface area contributed by atoms with Gasteiger partial charge in [0.15, 0.2) is 5.84 Å². The SMILES string of the molecule is C=CN=C(N=C)c1cnc(C2=CCN(C(=O)CN3CCC(C(=O)Nc4ccc5[nH]nc(-c6ccc(OCCOC)cc6)c5c4)C3)CC2)c(F)c1. The Kier molecular flexibility index (Phi) is 10.8. The fourth-order valence-electron chi connectivity index (χ4n) is 6.19. The number of hydrogen-bond donors (Lipinski definition) is 2. The van der Waals surface area contributed by atoms with Gasteiger partial charge in [-0.2, -0.15) is 5.10 Å². The molecule has 1 unspecified atom stereocenters. The number of benzene rings is 2. The van der Waals surface area contributed by atoms with Crippen molar-refractivity contribution >= 4 is 46.5 Å². The summed E-state index contributed by atoms with van der Waals surface area (Å²) in [6, 6.07) is 14.7. The zero-order valence-electron chi connectivity index (χ0n) is 27.9. The second-order valence-electron chi connectivity index (χ2n) is 12.1. The lowest BCUT2D eigenvalue weighted by molar-refractivity contribution is -0.132. The van der Waals surface area contributed by atoms with Gasteiger partial charge < -0.3 is 19.7 Å². The molecule has 6 rings (SSSR count). The molecule has 2 aliphatic rings. The first-order chi connectivity index (χ1) is 24.4. The maximum absolute atomic E-state index is 15.0. The van der Waals surface area contributed by atoms with Gasteiger partial charge in [-0.1, -0.05) is 12.7 Å². The van der Waals surface area contributed by atoms with E-state index in [1.165, 1.54) is 18.5 Å². The fourth-order valence-corrected chi connectivity index (χ4v) is 6.19. The molecule has 12 nitrogen and oxygen atoms in total. The Morgan fingerprint density at radius 2 is 1.98 bits per heavy atom. The van der Waals surface area contributed by atoms with E-state index in [-0.39, 0.29) is 35.8 Å². The first kappa shape index (κ1) is 34.3. The number of carbonyl (C=O) groups excluding carboxylic acids is 2. The number of H-pyrrole nitrogens is 1. The molecule has 0 bridgehead atoms. The molecule has 0 spiro atoms. The number of aromatic amines is 1. The van der Waals surface area contributed by atoms with Gasteiger partial charge in [0, 0.05) is 61.3 Å². The third-order valence-electron chi connectivity index (χ3n) is 8.85. The summed E-state index contributed by atoms with van der Waals surface area (Å²) in [6.07, 6.45) is 5.79. The molecule has 1 saturated heterocycles. The summed E-state index contributed by atoms with van der Waals surface area (Å²) in [5.41, 5.74) is 4.63. The molecule has 2 aromatic carbocycles. The zero-order valence-corrected chi connectivity index (χ0v) is 27.9. The quantitative estimate of drug-likeness (QED) is 0.123. The highest BCUT2D eigenvalue weighted by atomic mass is 19.1. The summed E-state index contributed by atoms with van der Waals surface area (Å²) in [5, 5.41) is 11.5. The first-order valence-electron chi connectivity index (χ1n) is 16.4. The van der Waals surface area contributed by atoms with Crippen molar-refractivity contribution in [3.05, 3.63) is 90.7 Å². The number of aromatic nitrogens is 3. The third-order valence-corrected chi connectivity index (χ3v) is 8.85. The number of amidine groups is 1. The minimum atomic E-state index is -0.490. The van der Waals surface area contributed by atoms with Crippen molar-refractivity contribution in [1.82, 2.24) is 25.0 Å². The number of halogens is 1. The number of carbonyl (C=O) groups is 2. The molecule has 4 aromatic rings. The van der Waals surface area contributed by atoms with Crippen molar-refractivity contribution in [3.8, 4) is 17.0 Å². The van der Waals surface area contributed by atoms with Crippen LogP contribution >= 0.6 is 0 Å². The van der Waals surface area contributed by atoms with E-state index in [1.54, 1.807) is 12.0 Å². The van der Waals surface area contributed by atoms with E-state index < -0.39 is 5.82 Å². The minimum absolute atomic E-state index is 0.0278. The smallest absolute Gasteiger partial charge is 0.237 e. The highest BCUT2D eigenvalue weighted by molar-refractivity contribution is 6.02. The maximum atomic E-state index is 15.0. The normalized spacial score (nSPS) is 16.7. The Morgan fingerprint density at radius 1 is 1.14 bits per heavy atom. The average Bonchev–Trinajstić information content (AvgIpc) is 3.78. The summed E-state index contributed by atoms with van der Waals surface area (Å²) in [6.45, 7) is 10.1. The van der Waals surface area contributed by atoms with Gasteiger partial charge in [0.05, 0.1) is 30.3 Å². The molecule has 13 heteroatoms. The van der Waals surface area contributed by atoms with Gasteiger partial charge in [-0.05, 0) is 80.2 Å². The summed E-state index contributed by atoms with van der Waals surface area (Å²) < 4.78 is 25.7. The number of likely N-dealkylation sites (tertiary alicyclic amines) is 1. The molecule has 2 N–H and O–H groups in total. The number of ether oxygens (including phenoxy) is 2. The number of anilines is 1. The van der Waals surface area contributed by atoms with Gasteiger partial charge in [0.2, 0.25) is 11.8 Å². The number of aliphatic imine (C=N–C) groups is 2. The summed E-state index contributed by atoms with van der Waals surface area (Å²) in [4.78, 5) is 42.3. The van der Waals surface area contributed by atoms with Crippen LogP contribution in [0.1, 0.15) is 24.1 Å². The van der Waals surface area contributed by atoms with Crippen LogP contribution in [0, 0.1) is 11.7 Å². The van der Waals surface area contributed by atoms with Crippen LogP contribution < -0.4 is 10.1 Å². The predicted molar refractivity (Wildman–Crippen MR) is 192 cm³/mol. The lowest BCUT2D eigenvalue weighted by Gasteiger charge is -2.28. The van der Waals surface area contributed by atoms with E-state index in [4.69, 9.17) is 9.47 Å². The van der Waals surface area contributed by atoms with Crippen LogP contribution in [0.15, 0.2) is 83.6 Å². The Morgan fingerprint density at radius 3 is 2.70 bits per heavy atom. The minimum Gasteiger partial charge on any atom is -0.491 e. The number of pyridine rings is 1. The number of fused-ring (bicyclic) bond motifs is 1. The molecule has 0 radical (unpaired) electrons. The molecule has 258 valence electrons. The topological polar surface area (TPSA) is 137 Å². The average molecular weight is 679 g/mol. The third kappa shape index (κ3) is 7.85. The molecule has 2 amide bonds. The van der Waals surface area contributed by atoms with Crippen LogP contribution in [0.3, 0.4) is 0 Å². The molecule has 2 aliphatic heterocycles. The Balaban J connectivity index is 1.01. The van der Waals surface area contributed by atoms with Gasteiger partial charge in [0.1, 0.15) is 23.9 Å². The van der Waals surface area contributed by atoms with E-state index in [9.17, 15) is 14.0 Å². The van der Waals surface area contributed by atoms with Crippen molar-refractivity contribution < 1.29 is 23.5 Å². The molecule has 4 heterocycles. The van der Waals surface area contributed by atoms with Crippen LogP contribution in [0.4, 0.5) is 10.1 Å². The lowest BCUT2D eigenvalue weighted by atomic mass is 10.0. The highest BCUT2D eigenvalue weighted by Gasteiger charge is 2.31. The fraction of sp³-hybridized carbons (Fsp3) is 0.297. The van der Waals surface area contributed by atoms with Crippen LogP contribution in [0.25, 0.3) is 27.7 Å². The number of hydrogen-bond acceptors (Lipinski definition) is 8. The predicted octanol–water partition coefficient (Wildman–Crippen LogP) is 4.96. The highest BCUT2D eigenvalue weighted by Crippen LogP contribution is 2.30. The zero-order chi connectivity index (χ0) is 35.0. The Labute approximate surface area is 289 Å². The largest absolute Gasteiger partial charge is 0.491 e. The first-order valence-corrected chi connectivity index (χ1v) is 16.4.